The molecule has 1 atom stereocenters. The smallest absolute Gasteiger partial charge is 0.303 e. The molecule has 1 fully saturated rings. The number of nitrogens with zero attached hydrogens (tertiary/aromatic N) is 3. The molecule has 1 saturated heterocycles. The van der Waals surface area contributed by atoms with Crippen molar-refractivity contribution in [1.29, 1.82) is 0 Å². The lowest BCUT2D eigenvalue weighted by atomic mass is 10.2. The molecule has 17 heavy (non-hydrogen) atoms. The van der Waals surface area contributed by atoms with Gasteiger partial charge in [0, 0.05) is 25.1 Å². The fraction of sp³-hybridized carbons (Fsp3) is 0.600. The molecule has 7 heteroatoms. The van der Waals surface area contributed by atoms with Crippen molar-refractivity contribution in [3.8, 4) is 0 Å². The van der Waals surface area contributed by atoms with Crippen LogP contribution in [0.1, 0.15) is 25.0 Å². The highest BCUT2D eigenvalue weighted by molar-refractivity contribution is 5.78. The Hall–Kier alpha value is -1.92. The highest BCUT2D eigenvalue weighted by Crippen LogP contribution is 2.08. The van der Waals surface area contributed by atoms with E-state index in [9.17, 15) is 9.59 Å². The SMILES string of the molecule is O=C(O)CCc1cn(CC2CCC(=O)N2)nn1. The third-order valence-corrected chi connectivity index (χ3v) is 2.67. The molecule has 0 aromatic carbocycles. The average molecular weight is 238 g/mol. The van der Waals surface area contributed by atoms with Crippen molar-refractivity contribution in [2.75, 3.05) is 0 Å². The molecule has 92 valence electrons. The fourth-order valence-corrected chi connectivity index (χ4v) is 1.82. The van der Waals surface area contributed by atoms with E-state index in [1.54, 1.807) is 10.9 Å². The van der Waals surface area contributed by atoms with E-state index in [4.69, 9.17) is 5.11 Å². The molecular weight excluding hydrogens is 224 g/mol. The summed E-state index contributed by atoms with van der Waals surface area (Å²) in [6.07, 6.45) is 3.53. The van der Waals surface area contributed by atoms with Crippen LogP contribution in [0.2, 0.25) is 0 Å². The Labute approximate surface area is 97.8 Å². The first-order chi connectivity index (χ1) is 8.13. The summed E-state index contributed by atoms with van der Waals surface area (Å²) >= 11 is 0. The normalized spacial score (nSPS) is 19.3. The topological polar surface area (TPSA) is 97.1 Å². The second kappa shape index (κ2) is 4.94. The number of aromatic nitrogens is 3. The predicted molar refractivity (Wildman–Crippen MR) is 57.1 cm³/mol. The number of aliphatic carboxylic acids is 1. The summed E-state index contributed by atoms with van der Waals surface area (Å²) in [5.74, 6) is -0.774. The zero-order valence-electron chi connectivity index (χ0n) is 9.30. The number of carbonyl (C=O) groups is 2. The van der Waals surface area contributed by atoms with Crippen molar-refractivity contribution in [2.24, 2.45) is 0 Å². The monoisotopic (exact) mass is 238 g/mol. The van der Waals surface area contributed by atoms with E-state index in [0.29, 0.717) is 25.1 Å². The van der Waals surface area contributed by atoms with Gasteiger partial charge in [-0.15, -0.1) is 5.10 Å². The first kappa shape index (κ1) is 11.6. The van der Waals surface area contributed by atoms with Gasteiger partial charge in [-0.05, 0) is 6.42 Å². The molecule has 0 aliphatic carbocycles. The van der Waals surface area contributed by atoms with Crippen LogP contribution in [-0.4, -0.2) is 38.0 Å². The van der Waals surface area contributed by atoms with E-state index in [-0.39, 0.29) is 18.4 Å². The summed E-state index contributed by atoms with van der Waals surface area (Å²) in [4.78, 5) is 21.4. The summed E-state index contributed by atoms with van der Waals surface area (Å²) in [6.45, 7) is 0.589. The number of carboxylic acid groups (broad SMARTS) is 1. The minimum absolute atomic E-state index is 0.0544. The van der Waals surface area contributed by atoms with Crippen molar-refractivity contribution in [1.82, 2.24) is 20.3 Å². The van der Waals surface area contributed by atoms with Crippen LogP contribution in [0, 0.1) is 0 Å². The van der Waals surface area contributed by atoms with Gasteiger partial charge in [0.25, 0.3) is 0 Å². The average Bonchev–Trinajstić information content (AvgIpc) is 2.86. The molecule has 1 amide bonds. The molecular formula is C10H14N4O3. The summed E-state index contributed by atoms with van der Waals surface area (Å²) in [7, 11) is 0. The summed E-state index contributed by atoms with van der Waals surface area (Å²) in [6, 6.07) is 0.108. The highest BCUT2D eigenvalue weighted by Gasteiger charge is 2.21. The molecule has 1 aromatic rings. The maximum atomic E-state index is 11.0. The highest BCUT2D eigenvalue weighted by atomic mass is 16.4. The van der Waals surface area contributed by atoms with E-state index in [0.717, 1.165) is 6.42 Å². The van der Waals surface area contributed by atoms with E-state index < -0.39 is 5.97 Å². The number of nitrogens with one attached hydrogen (secondary N) is 1. The van der Waals surface area contributed by atoms with Crippen LogP contribution in [0.25, 0.3) is 0 Å². The number of carboxylic acids is 1. The van der Waals surface area contributed by atoms with Gasteiger partial charge in [-0.2, -0.15) is 0 Å². The fourth-order valence-electron chi connectivity index (χ4n) is 1.82. The first-order valence-corrected chi connectivity index (χ1v) is 5.53. The minimum Gasteiger partial charge on any atom is -0.481 e. The van der Waals surface area contributed by atoms with Crippen molar-refractivity contribution in [2.45, 2.75) is 38.3 Å². The minimum atomic E-state index is -0.845. The second-order valence-corrected chi connectivity index (χ2v) is 4.13. The zero-order chi connectivity index (χ0) is 12.3. The summed E-state index contributed by atoms with van der Waals surface area (Å²) in [5, 5.41) is 19.2. The third-order valence-electron chi connectivity index (χ3n) is 2.67. The van der Waals surface area contributed by atoms with Gasteiger partial charge in [0.2, 0.25) is 5.91 Å². The predicted octanol–water partition coefficient (Wildman–Crippen LogP) is -0.426. The van der Waals surface area contributed by atoms with Crippen molar-refractivity contribution in [3.05, 3.63) is 11.9 Å². The van der Waals surface area contributed by atoms with Gasteiger partial charge in [-0.3, -0.25) is 14.3 Å². The lowest BCUT2D eigenvalue weighted by Crippen LogP contribution is -2.29. The van der Waals surface area contributed by atoms with Crippen molar-refractivity contribution in [3.63, 3.8) is 0 Å². The third kappa shape index (κ3) is 3.27. The summed E-state index contributed by atoms with van der Waals surface area (Å²) < 4.78 is 1.65. The summed E-state index contributed by atoms with van der Waals surface area (Å²) in [5.41, 5.74) is 0.664. The van der Waals surface area contributed by atoms with Gasteiger partial charge in [0.1, 0.15) is 0 Å². The second-order valence-electron chi connectivity index (χ2n) is 4.13. The number of aryl methyl sites for hydroxylation is 1. The van der Waals surface area contributed by atoms with Crippen molar-refractivity contribution >= 4 is 11.9 Å². The molecule has 2 rings (SSSR count). The molecule has 0 radical (unpaired) electrons. The molecule has 2 heterocycles. The molecule has 1 aliphatic heterocycles. The Morgan fingerprint density at radius 1 is 1.65 bits per heavy atom. The molecule has 1 aromatic heterocycles. The van der Waals surface area contributed by atoms with Gasteiger partial charge >= 0.3 is 5.97 Å². The molecule has 1 unspecified atom stereocenters. The van der Waals surface area contributed by atoms with Gasteiger partial charge in [0.15, 0.2) is 0 Å². The Morgan fingerprint density at radius 2 is 2.47 bits per heavy atom. The van der Waals surface area contributed by atoms with E-state index in [1.807, 2.05) is 0 Å². The van der Waals surface area contributed by atoms with Crippen LogP contribution in [0.4, 0.5) is 0 Å². The van der Waals surface area contributed by atoms with Crippen molar-refractivity contribution < 1.29 is 14.7 Å². The van der Waals surface area contributed by atoms with Crippen LogP contribution < -0.4 is 5.32 Å². The van der Waals surface area contributed by atoms with Crippen LogP contribution in [-0.2, 0) is 22.6 Å². The number of amides is 1. The van der Waals surface area contributed by atoms with Crippen LogP contribution in [0.15, 0.2) is 6.20 Å². The number of carbonyl (C=O) groups excluding carboxylic acids is 1. The molecule has 2 N–H and O–H groups in total. The Balaban J connectivity index is 1.85. The quantitative estimate of drug-likeness (QED) is 0.725. The lowest BCUT2D eigenvalue weighted by Gasteiger charge is -2.08. The van der Waals surface area contributed by atoms with Gasteiger partial charge in [-0.25, -0.2) is 0 Å². The van der Waals surface area contributed by atoms with E-state index in [1.165, 1.54) is 0 Å². The first-order valence-electron chi connectivity index (χ1n) is 5.53. The Bertz CT molecular complexity index is 429. The molecule has 7 nitrogen and oxygen atoms in total. The van der Waals surface area contributed by atoms with Crippen LogP contribution >= 0.6 is 0 Å². The van der Waals surface area contributed by atoms with E-state index in [2.05, 4.69) is 15.6 Å². The largest absolute Gasteiger partial charge is 0.481 e. The number of rotatable bonds is 5. The van der Waals surface area contributed by atoms with Crippen LogP contribution in [0.3, 0.4) is 0 Å². The van der Waals surface area contributed by atoms with Gasteiger partial charge < -0.3 is 10.4 Å². The Morgan fingerprint density at radius 3 is 3.12 bits per heavy atom. The maximum absolute atomic E-state index is 11.0. The number of hydrogen-bond donors (Lipinski definition) is 2. The molecule has 0 saturated carbocycles. The molecule has 1 aliphatic rings. The number of hydrogen-bond acceptors (Lipinski definition) is 4. The van der Waals surface area contributed by atoms with E-state index >= 15 is 0 Å². The maximum Gasteiger partial charge on any atom is 0.303 e. The van der Waals surface area contributed by atoms with Crippen LogP contribution in [0.5, 0.6) is 0 Å². The lowest BCUT2D eigenvalue weighted by molar-refractivity contribution is -0.137. The molecule has 0 spiro atoms. The molecule has 0 bridgehead atoms. The van der Waals surface area contributed by atoms with Gasteiger partial charge in [0.05, 0.1) is 18.7 Å². The standard InChI is InChI=1S/C10H14N4O3/c15-9-3-1-7(11-9)5-14-6-8(12-13-14)2-4-10(16)17/h6-7H,1-5H2,(H,11,15)(H,16,17). The Kier molecular flexibility index (Phi) is 3.36. The van der Waals surface area contributed by atoms with Gasteiger partial charge in [-0.1, -0.05) is 5.21 Å². The zero-order valence-corrected chi connectivity index (χ0v) is 9.30.